The Morgan fingerprint density at radius 2 is 1.97 bits per heavy atom. The van der Waals surface area contributed by atoms with Crippen molar-refractivity contribution in [1.29, 1.82) is 0 Å². The lowest BCUT2D eigenvalue weighted by Gasteiger charge is -2.36. The van der Waals surface area contributed by atoms with E-state index in [-0.39, 0.29) is 24.8 Å². The average Bonchev–Trinajstić information content (AvgIpc) is 3.31. The Balaban J connectivity index is 1.44. The molecule has 1 aromatic heterocycles. The molecule has 0 radical (unpaired) electrons. The molecule has 0 bridgehead atoms. The third kappa shape index (κ3) is 3.41. The van der Waals surface area contributed by atoms with E-state index in [1.165, 1.54) is 0 Å². The number of nitrogens with zero attached hydrogens (tertiary/aromatic N) is 4. The van der Waals surface area contributed by atoms with Gasteiger partial charge in [-0.3, -0.25) is 39.0 Å². The molecule has 3 aliphatic rings. The van der Waals surface area contributed by atoms with Gasteiger partial charge in [-0.1, -0.05) is 12.1 Å². The molecule has 0 saturated carbocycles. The van der Waals surface area contributed by atoms with E-state index >= 15 is 0 Å². The molecule has 2 saturated heterocycles. The fourth-order valence-electron chi connectivity index (χ4n) is 4.81. The number of hydrogen-bond donors (Lipinski definition) is 2. The Bertz CT molecular complexity index is 1130. The van der Waals surface area contributed by atoms with E-state index in [4.69, 9.17) is 0 Å². The summed E-state index contributed by atoms with van der Waals surface area (Å²) in [6, 6.07) is 4.39. The van der Waals surface area contributed by atoms with Gasteiger partial charge in [-0.05, 0) is 18.1 Å². The summed E-state index contributed by atoms with van der Waals surface area (Å²) in [6.45, 7) is 2.85. The molecule has 4 amide bonds. The summed E-state index contributed by atoms with van der Waals surface area (Å²) >= 11 is 0. The molecule has 0 aliphatic carbocycles. The second-order valence-corrected chi connectivity index (χ2v) is 8.42. The summed E-state index contributed by atoms with van der Waals surface area (Å²) in [5.41, 5.74) is 2.50. The Morgan fingerprint density at radius 3 is 2.72 bits per heavy atom. The van der Waals surface area contributed by atoms with Gasteiger partial charge in [0.1, 0.15) is 6.04 Å². The van der Waals surface area contributed by atoms with Gasteiger partial charge in [0.2, 0.25) is 11.8 Å². The molecule has 166 valence electrons. The van der Waals surface area contributed by atoms with Crippen LogP contribution in [-0.4, -0.2) is 68.9 Å². The number of imide groups is 2. The van der Waals surface area contributed by atoms with Crippen LogP contribution in [0.4, 0.5) is 0 Å². The second kappa shape index (κ2) is 7.95. The number of piperazine rings is 1. The fraction of sp³-hybridized carbons (Fsp3) is 0.409. The maximum atomic E-state index is 13.3. The minimum atomic E-state index is -0.963. The van der Waals surface area contributed by atoms with Gasteiger partial charge in [-0.25, -0.2) is 0 Å². The van der Waals surface area contributed by atoms with Crippen LogP contribution in [0.2, 0.25) is 0 Å². The van der Waals surface area contributed by atoms with Crippen LogP contribution in [0.1, 0.15) is 50.7 Å². The summed E-state index contributed by atoms with van der Waals surface area (Å²) in [4.78, 5) is 53.6. The number of carbonyl (C=O) groups excluding carboxylic acids is 4. The van der Waals surface area contributed by atoms with Crippen molar-refractivity contribution in [3.05, 3.63) is 52.8 Å². The highest BCUT2D eigenvalue weighted by molar-refractivity contribution is 6.24. The molecule has 2 unspecified atom stereocenters. The molecule has 5 rings (SSSR count). The lowest BCUT2D eigenvalue weighted by atomic mass is 10.00. The number of aryl methyl sites for hydroxylation is 1. The Labute approximate surface area is 184 Å². The van der Waals surface area contributed by atoms with E-state index in [2.05, 4.69) is 20.6 Å². The summed E-state index contributed by atoms with van der Waals surface area (Å²) in [5.74, 6) is -1.94. The van der Waals surface area contributed by atoms with Crippen LogP contribution in [0.5, 0.6) is 0 Å². The summed E-state index contributed by atoms with van der Waals surface area (Å²) < 4.78 is 1.77. The normalized spacial score (nSPS) is 24.1. The largest absolute Gasteiger partial charge is 0.314 e. The molecule has 2 N–H and O–H groups in total. The minimum Gasteiger partial charge on any atom is -0.314 e. The summed E-state index contributed by atoms with van der Waals surface area (Å²) in [6.07, 6.45) is 4.08. The van der Waals surface area contributed by atoms with E-state index in [1.807, 2.05) is 25.5 Å². The lowest BCUT2D eigenvalue weighted by Crippen LogP contribution is -2.54. The Kier molecular flexibility index (Phi) is 5.10. The fourth-order valence-corrected chi connectivity index (χ4v) is 4.81. The Hall–Kier alpha value is -3.37. The molecule has 2 aromatic rings. The van der Waals surface area contributed by atoms with Crippen LogP contribution in [0.3, 0.4) is 0 Å². The number of benzene rings is 1. The van der Waals surface area contributed by atoms with Crippen LogP contribution >= 0.6 is 0 Å². The van der Waals surface area contributed by atoms with Crippen molar-refractivity contribution in [1.82, 2.24) is 30.2 Å². The molecule has 2 atom stereocenters. The Morgan fingerprint density at radius 1 is 1.12 bits per heavy atom. The average molecular weight is 436 g/mol. The standard InChI is InChI=1S/C22H24N6O4/c1-26-11-14(9-24-26)17-10-23-7-8-27(17)12-13-3-2-4-15-19(13)22(32)28(21(15)31)16-5-6-18(29)25-20(16)30/h2-4,9,11,16-17,23H,5-8,10,12H2,1H3,(H,25,29,30). The molecule has 10 heteroatoms. The van der Waals surface area contributed by atoms with E-state index in [0.717, 1.165) is 35.7 Å². The number of amides is 4. The summed E-state index contributed by atoms with van der Waals surface area (Å²) in [5, 5.41) is 9.92. The van der Waals surface area contributed by atoms with E-state index in [0.29, 0.717) is 17.7 Å². The van der Waals surface area contributed by atoms with Crippen molar-refractivity contribution in [2.45, 2.75) is 31.5 Å². The van der Waals surface area contributed by atoms with Gasteiger partial charge >= 0.3 is 0 Å². The molecule has 10 nitrogen and oxygen atoms in total. The van der Waals surface area contributed by atoms with E-state index in [1.54, 1.807) is 16.8 Å². The van der Waals surface area contributed by atoms with Gasteiger partial charge in [0, 0.05) is 51.4 Å². The van der Waals surface area contributed by atoms with E-state index in [9.17, 15) is 19.2 Å². The van der Waals surface area contributed by atoms with Crippen molar-refractivity contribution in [2.24, 2.45) is 7.05 Å². The molecule has 32 heavy (non-hydrogen) atoms. The quantitative estimate of drug-likeness (QED) is 0.647. The van der Waals surface area contributed by atoms with Gasteiger partial charge in [0.05, 0.1) is 23.4 Å². The van der Waals surface area contributed by atoms with Crippen LogP contribution in [0.15, 0.2) is 30.6 Å². The smallest absolute Gasteiger partial charge is 0.262 e. The highest BCUT2D eigenvalue weighted by Crippen LogP contribution is 2.32. The number of hydrogen-bond acceptors (Lipinski definition) is 7. The highest BCUT2D eigenvalue weighted by Gasteiger charge is 2.45. The van der Waals surface area contributed by atoms with Crippen molar-refractivity contribution >= 4 is 23.6 Å². The predicted molar refractivity (Wildman–Crippen MR) is 112 cm³/mol. The van der Waals surface area contributed by atoms with Crippen molar-refractivity contribution in [3.8, 4) is 0 Å². The first-order valence-corrected chi connectivity index (χ1v) is 10.7. The highest BCUT2D eigenvalue weighted by atomic mass is 16.2. The first kappa shape index (κ1) is 20.5. The molecule has 2 fully saturated rings. The van der Waals surface area contributed by atoms with Crippen LogP contribution < -0.4 is 10.6 Å². The van der Waals surface area contributed by atoms with Gasteiger partial charge in [-0.2, -0.15) is 5.10 Å². The summed E-state index contributed by atoms with van der Waals surface area (Å²) in [7, 11) is 1.88. The predicted octanol–water partition coefficient (Wildman–Crippen LogP) is -0.0322. The van der Waals surface area contributed by atoms with E-state index < -0.39 is 23.8 Å². The number of aromatic nitrogens is 2. The maximum Gasteiger partial charge on any atom is 0.262 e. The second-order valence-electron chi connectivity index (χ2n) is 8.42. The number of piperidine rings is 1. The number of nitrogens with one attached hydrogen (secondary N) is 2. The van der Waals surface area contributed by atoms with Crippen LogP contribution in [0, 0.1) is 0 Å². The number of rotatable bonds is 4. The topological polar surface area (TPSA) is 117 Å². The molecular formula is C22H24N6O4. The molecule has 0 spiro atoms. The third-order valence-electron chi connectivity index (χ3n) is 6.39. The minimum absolute atomic E-state index is 0.0896. The van der Waals surface area contributed by atoms with Crippen molar-refractivity contribution in [3.63, 3.8) is 0 Å². The van der Waals surface area contributed by atoms with Gasteiger partial charge < -0.3 is 5.32 Å². The van der Waals surface area contributed by atoms with Crippen molar-refractivity contribution in [2.75, 3.05) is 19.6 Å². The van der Waals surface area contributed by atoms with Gasteiger partial charge in [0.25, 0.3) is 11.8 Å². The SMILES string of the molecule is Cn1cc(C2CNCCN2Cc2cccc3c2C(=O)N(C2CCC(=O)NC2=O)C3=O)cn1. The zero-order valence-corrected chi connectivity index (χ0v) is 17.7. The number of fused-ring (bicyclic) bond motifs is 1. The van der Waals surface area contributed by atoms with Gasteiger partial charge in [0.15, 0.2) is 0 Å². The molecule has 1 aromatic carbocycles. The zero-order chi connectivity index (χ0) is 22.4. The number of carbonyl (C=O) groups is 4. The monoisotopic (exact) mass is 436 g/mol. The van der Waals surface area contributed by atoms with Crippen molar-refractivity contribution < 1.29 is 19.2 Å². The molecule has 3 aliphatic heterocycles. The first-order chi connectivity index (χ1) is 15.4. The third-order valence-corrected chi connectivity index (χ3v) is 6.39. The van der Waals surface area contributed by atoms with Crippen LogP contribution in [0.25, 0.3) is 0 Å². The maximum absolute atomic E-state index is 13.3. The lowest BCUT2D eigenvalue weighted by molar-refractivity contribution is -0.136. The first-order valence-electron chi connectivity index (χ1n) is 10.7. The molecule has 4 heterocycles. The molecular weight excluding hydrogens is 412 g/mol. The van der Waals surface area contributed by atoms with Crippen LogP contribution in [-0.2, 0) is 23.2 Å². The zero-order valence-electron chi connectivity index (χ0n) is 17.7. The van der Waals surface area contributed by atoms with Gasteiger partial charge in [-0.15, -0.1) is 0 Å².